The van der Waals surface area contributed by atoms with Crippen LogP contribution in [0.25, 0.3) is 16.9 Å². The molecule has 5 rings (SSSR count). The van der Waals surface area contributed by atoms with Gasteiger partial charge in [0.15, 0.2) is 5.82 Å². The standard InChI is InChI=1S/C26H23ClN8O2/c1-14-6-7-20-21(11-14)34(33-31-20)13-17-12-22(35(32-17)25-19(27)5-4-8-29-25)26(37)30-23-16(3)9-15(2)10-18(23)24(28)36/h4-12H,13H2,1-3H3,(H2,28,36)(H,30,37). The molecular formula is C26H23ClN8O2. The smallest absolute Gasteiger partial charge is 0.274 e. The van der Waals surface area contributed by atoms with Crippen LogP contribution in [-0.4, -0.2) is 41.6 Å². The molecule has 0 saturated heterocycles. The van der Waals surface area contributed by atoms with Crippen LogP contribution in [0.5, 0.6) is 0 Å². The van der Waals surface area contributed by atoms with Crippen LogP contribution in [0.15, 0.2) is 54.7 Å². The number of aromatic nitrogens is 6. The molecule has 10 nitrogen and oxygen atoms in total. The fraction of sp³-hybridized carbons (Fsp3) is 0.154. The highest BCUT2D eigenvalue weighted by Crippen LogP contribution is 2.25. The molecule has 0 atom stereocenters. The van der Waals surface area contributed by atoms with Gasteiger partial charge in [-0.25, -0.2) is 14.3 Å². The molecular weight excluding hydrogens is 492 g/mol. The maximum absolute atomic E-state index is 13.6. The van der Waals surface area contributed by atoms with Crippen molar-refractivity contribution in [1.82, 2.24) is 29.8 Å². The number of rotatable bonds is 6. The summed E-state index contributed by atoms with van der Waals surface area (Å²) in [5.41, 5.74) is 11.1. The maximum Gasteiger partial charge on any atom is 0.274 e. The van der Waals surface area contributed by atoms with Crippen LogP contribution in [-0.2, 0) is 6.54 Å². The third-order valence-electron chi connectivity index (χ3n) is 5.90. The Labute approximate surface area is 217 Å². The first-order valence-corrected chi connectivity index (χ1v) is 11.8. The third-order valence-corrected chi connectivity index (χ3v) is 6.19. The number of pyridine rings is 1. The number of halogens is 1. The normalized spacial score (nSPS) is 11.1. The quantitative estimate of drug-likeness (QED) is 0.352. The zero-order valence-corrected chi connectivity index (χ0v) is 21.1. The highest BCUT2D eigenvalue weighted by molar-refractivity contribution is 6.32. The maximum atomic E-state index is 13.6. The third kappa shape index (κ3) is 4.66. The number of carbonyl (C=O) groups excluding carboxylic acids is 2. The highest BCUT2D eigenvalue weighted by atomic mass is 35.5. The number of hydrogen-bond acceptors (Lipinski definition) is 6. The Morgan fingerprint density at radius 3 is 2.62 bits per heavy atom. The molecule has 3 aromatic heterocycles. The lowest BCUT2D eigenvalue weighted by Gasteiger charge is -2.14. The SMILES string of the molecule is Cc1cc(C)c(NC(=O)c2cc(Cn3nnc4ccc(C)cc43)nn2-c2ncccc2Cl)c(C(N)=O)c1. The lowest BCUT2D eigenvalue weighted by Crippen LogP contribution is -2.22. The predicted molar refractivity (Wildman–Crippen MR) is 140 cm³/mol. The van der Waals surface area contributed by atoms with E-state index in [9.17, 15) is 9.59 Å². The minimum Gasteiger partial charge on any atom is -0.366 e. The van der Waals surface area contributed by atoms with E-state index >= 15 is 0 Å². The van der Waals surface area contributed by atoms with E-state index in [1.165, 1.54) is 4.68 Å². The number of nitrogens with two attached hydrogens (primary N) is 1. The number of amides is 2. The Morgan fingerprint density at radius 1 is 1.05 bits per heavy atom. The Balaban J connectivity index is 1.58. The Bertz CT molecular complexity index is 1690. The fourth-order valence-electron chi connectivity index (χ4n) is 4.21. The van der Waals surface area contributed by atoms with E-state index in [-0.39, 0.29) is 23.6 Å². The molecule has 0 spiro atoms. The van der Waals surface area contributed by atoms with Crippen LogP contribution in [0.1, 0.15) is 43.2 Å². The van der Waals surface area contributed by atoms with Gasteiger partial charge in [-0.3, -0.25) is 9.59 Å². The summed E-state index contributed by atoms with van der Waals surface area (Å²) >= 11 is 6.41. The molecule has 37 heavy (non-hydrogen) atoms. The van der Waals surface area contributed by atoms with Crippen molar-refractivity contribution in [2.24, 2.45) is 5.73 Å². The molecule has 0 fully saturated rings. The topological polar surface area (TPSA) is 134 Å². The second-order valence-corrected chi connectivity index (χ2v) is 9.21. The zero-order valence-electron chi connectivity index (χ0n) is 20.4. The number of nitrogens with one attached hydrogen (secondary N) is 1. The van der Waals surface area contributed by atoms with Crippen molar-refractivity contribution in [2.75, 3.05) is 5.32 Å². The summed E-state index contributed by atoms with van der Waals surface area (Å²) in [6.45, 7) is 5.90. The lowest BCUT2D eigenvalue weighted by atomic mass is 10.0. The number of hydrogen-bond donors (Lipinski definition) is 2. The summed E-state index contributed by atoms with van der Waals surface area (Å²) in [6, 6.07) is 14.3. The first-order valence-electron chi connectivity index (χ1n) is 11.4. The monoisotopic (exact) mass is 514 g/mol. The largest absolute Gasteiger partial charge is 0.366 e. The van der Waals surface area contributed by atoms with Crippen molar-refractivity contribution >= 4 is 40.1 Å². The number of aryl methyl sites for hydroxylation is 3. The number of benzene rings is 2. The zero-order chi connectivity index (χ0) is 26.3. The van der Waals surface area contributed by atoms with Crippen LogP contribution in [0, 0.1) is 20.8 Å². The van der Waals surface area contributed by atoms with Gasteiger partial charge >= 0.3 is 0 Å². The molecule has 0 saturated carbocycles. The van der Waals surface area contributed by atoms with Gasteiger partial charge in [0.25, 0.3) is 11.8 Å². The highest BCUT2D eigenvalue weighted by Gasteiger charge is 2.22. The fourth-order valence-corrected chi connectivity index (χ4v) is 4.42. The van der Waals surface area contributed by atoms with Gasteiger partial charge in [0, 0.05) is 6.20 Å². The van der Waals surface area contributed by atoms with E-state index in [2.05, 4.69) is 25.7 Å². The molecule has 0 bridgehead atoms. The van der Waals surface area contributed by atoms with Crippen LogP contribution >= 0.6 is 11.6 Å². The van der Waals surface area contributed by atoms with Crippen LogP contribution in [0.2, 0.25) is 5.02 Å². The first kappa shape index (κ1) is 24.1. The minimum atomic E-state index is -0.641. The lowest BCUT2D eigenvalue weighted by molar-refractivity contribution is 0.100. The Hall–Kier alpha value is -4.57. The molecule has 186 valence electrons. The molecule has 0 radical (unpaired) electrons. The molecule has 0 unspecified atom stereocenters. The van der Waals surface area contributed by atoms with Crippen LogP contribution in [0.4, 0.5) is 5.69 Å². The van der Waals surface area contributed by atoms with E-state index in [1.54, 1.807) is 42.1 Å². The molecule has 2 aromatic carbocycles. The first-order chi connectivity index (χ1) is 17.7. The number of nitrogens with zero attached hydrogens (tertiary/aromatic N) is 6. The Kier molecular flexibility index (Phi) is 6.18. The predicted octanol–water partition coefficient (Wildman–Crippen LogP) is 3.99. The molecule has 0 aliphatic carbocycles. The van der Waals surface area contributed by atoms with Crippen LogP contribution in [0.3, 0.4) is 0 Å². The summed E-state index contributed by atoms with van der Waals surface area (Å²) in [5.74, 6) is -0.859. The van der Waals surface area contributed by atoms with Crippen molar-refractivity contribution in [2.45, 2.75) is 27.3 Å². The number of anilines is 1. The minimum absolute atomic E-state index is 0.173. The average molecular weight is 515 g/mol. The number of carbonyl (C=O) groups is 2. The summed E-state index contributed by atoms with van der Waals surface area (Å²) < 4.78 is 3.09. The summed E-state index contributed by atoms with van der Waals surface area (Å²) in [7, 11) is 0. The van der Waals surface area contributed by atoms with Gasteiger partial charge in [-0.15, -0.1) is 5.10 Å². The molecule has 5 aromatic rings. The van der Waals surface area contributed by atoms with Crippen molar-refractivity contribution in [3.05, 3.63) is 93.4 Å². The number of primary amides is 1. The van der Waals surface area contributed by atoms with Gasteiger partial charge in [0.05, 0.1) is 34.0 Å². The van der Waals surface area contributed by atoms with Crippen molar-refractivity contribution in [1.29, 1.82) is 0 Å². The van der Waals surface area contributed by atoms with E-state index in [0.717, 1.165) is 22.2 Å². The van der Waals surface area contributed by atoms with Gasteiger partial charge in [0.2, 0.25) is 0 Å². The molecule has 3 heterocycles. The average Bonchev–Trinajstić information content (AvgIpc) is 3.45. The molecule has 0 aliphatic heterocycles. The number of fused-ring (bicyclic) bond motifs is 1. The van der Waals surface area contributed by atoms with Crippen molar-refractivity contribution < 1.29 is 9.59 Å². The summed E-state index contributed by atoms with van der Waals surface area (Å²) in [6.07, 6.45) is 1.56. The van der Waals surface area contributed by atoms with Crippen molar-refractivity contribution in [3.63, 3.8) is 0 Å². The molecule has 0 aliphatic rings. The van der Waals surface area contributed by atoms with E-state index in [1.807, 2.05) is 38.1 Å². The van der Waals surface area contributed by atoms with E-state index in [4.69, 9.17) is 17.3 Å². The van der Waals surface area contributed by atoms with E-state index in [0.29, 0.717) is 22.0 Å². The van der Waals surface area contributed by atoms with Gasteiger partial charge in [-0.2, -0.15) is 5.10 Å². The molecule has 3 N–H and O–H groups in total. The molecule has 2 amide bonds. The van der Waals surface area contributed by atoms with E-state index < -0.39 is 11.8 Å². The summed E-state index contributed by atoms with van der Waals surface area (Å²) in [5, 5.41) is 16.2. The van der Waals surface area contributed by atoms with Crippen LogP contribution < -0.4 is 11.1 Å². The van der Waals surface area contributed by atoms with Crippen molar-refractivity contribution in [3.8, 4) is 5.82 Å². The van der Waals surface area contributed by atoms with Gasteiger partial charge < -0.3 is 11.1 Å². The second kappa shape index (κ2) is 9.47. The Morgan fingerprint density at radius 2 is 1.86 bits per heavy atom. The molecule has 11 heteroatoms. The van der Waals surface area contributed by atoms with Gasteiger partial charge in [-0.05, 0) is 73.9 Å². The summed E-state index contributed by atoms with van der Waals surface area (Å²) in [4.78, 5) is 30.0. The van der Waals surface area contributed by atoms with Gasteiger partial charge in [-0.1, -0.05) is 28.9 Å². The second-order valence-electron chi connectivity index (χ2n) is 8.80. The van der Waals surface area contributed by atoms with Gasteiger partial charge in [0.1, 0.15) is 11.2 Å².